The zero-order chi connectivity index (χ0) is 35.1. The van der Waals surface area contributed by atoms with E-state index in [0.717, 1.165) is 77.2 Å². The van der Waals surface area contributed by atoms with Gasteiger partial charge < -0.3 is 4.42 Å². The quantitative estimate of drug-likeness (QED) is 0.176. The van der Waals surface area contributed by atoms with Crippen molar-refractivity contribution in [1.82, 2.24) is 15.0 Å². The fraction of sp³-hybridized carbons (Fsp3) is 0. The molecule has 53 heavy (non-hydrogen) atoms. The van der Waals surface area contributed by atoms with E-state index in [1.54, 1.807) is 0 Å². The van der Waals surface area contributed by atoms with Crippen molar-refractivity contribution in [2.45, 2.75) is 0 Å². The summed E-state index contributed by atoms with van der Waals surface area (Å²) in [5.74, 6) is 1.85. The Labute approximate surface area is 306 Å². The molecule has 0 aliphatic heterocycles. The fourth-order valence-corrected chi connectivity index (χ4v) is 7.34. The lowest BCUT2D eigenvalue weighted by molar-refractivity contribution is 0.674. The number of hydrogen-bond acceptors (Lipinski definition) is 4. The van der Waals surface area contributed by atoms with E-state index in [-0.39, 0.29) is 0 Å². The normalized spacial score (nSPS) is 11.4. The summed E-state index contributed by atoms with van der Waals surface area (Å²) in [4.78, 5) is 15.4. The molecule has 0 saturated carbocycles. The van der Waals surface area contributed by atoms with Gasteiger partial charge in [-0.25, -0.2) is 15.0 Å². The number of para-hydroxylation sites is 1. The van der Waals surface area contributed by atoms with Crippen LogP contribution in [-0.2, 0) is 0 Å². The molecule has 0 saturated heterocycles. The second kappa shape index (κ2) is 12.9. The highest BCUT2D eigenvalue weighted by Crippen LogP contribution is 2.42. The summed E-state index contributed by atoms with van der Waals surface area (Å²) in [5, 5.41) is 4.09. The van der Waals surface area contributed by atoms with Crippen molar-refractivity contribution in [3.63, 3.8) is 0 Å². The van der Waals surface area contributed by atoms with E-state index >= 15 is 0 Å². The molecule has 8 aromatic carbocycles. The lowest BCUT2D eigenvalue weighted by Crippen LogP contribution is -2.00. The molecule has 0 aliphatic rings. The van der Waals surface area contributed by atoms with Crippen molar-refractivity contribution in [3.05, 3.63) is 188 Å². The van der Waals surface area contributed by atoms with Crippen LogP contribution in [0.25, 0.3) is 100 Å². The van der Waals surface area contributed by atoms with E-state index in [4.69, 9.17) is 19.4 Å². The number of aromatic nitrogens is 3. The zero-order valence-electron chi connectivity index (χ0n) is 28.6. The molecule has 0 aliphatic carbocycles. The molecule has 0 amide bonds. The third-order valence-corrected chi connectivity index (χ3v) is 9.92. The molecule has 2 heterocycles. The Morgan fingerprint density at radius 2 is 0.717 bits per heavy atom. The number of hydrogen-bond donors (Lipinski definition) is 0. The van der Waals surface area contributed by atoms with E-state index < -0.39 is 0 Å². The highest BCUT2D eigenvalue weighted by Gasteiger charge is 2.20. The van der Waals surface area contributed by atoms with Crippen LogP contribution in [0.5, 0.6) is 0 Å². The molecule has 0 unspecified atom stereocenters. The van der Waals surface area contributed by atoms with Crippen molar-refractivity contribution in [1.29, 1.82) is 0 Å². The van der Waals surface area contributed by atoms with Gasteiger partial charge in [0.15, 0.2) is 17.5 Å². The zero-order valence-corrected chi connectivity index (χ0v) is 28.6. The van der Waals surface area contributed by atoms with Gasteiger partial charge >= 0.3 is 0 Å². The molecule has 0 bridgehead atoms. The first-order valence-corrected chi connectivity index (χ1v) is 17.8. The molecular formula is C49H31N3O. The number of fused-ring (bicyclic) bond motifs is 5. The Morgan fingerprint density at radius 1 is 0.264 bits per heavy atom. The highest BCUT2D eigenvalue weighted by molar-refractivity contribution is 6.20. The Bertz CT molecular complexity index is 2940. The van der Waals surface area contributed by atoms with Gasteiger partial charge in [-0.2, -0.15) is 0 Å². The van der Waals surface area contributed by atoms with Crippen LogP contribution in [0.3, 0.4) is 0 Å². The third kappa shape index (κ3) is 5.54. The predicted molar refractivity (Wildman–Crippen MR) is 217 cm³/mol. The van der Waals surface area contributed by atoms with Gasteiger partial charge in [-0.1, -0.05) is 170 Å². The maximum Gasteiger partial charge on any atom is 0.164 e. The van der Waals surface area contributed by atoms with Crippen molar-refractivity contribution in [2.75, 3.05) is 0 Å². The molecule has 0 radical (unpaired) electrons. The monoisotopic (exact) mass is 677 g/mol. The van der Waals surface area contributed by atoms with Gasteiger partial charge in [0.2, 0.25) is 0 Å². The summed E-state index contributed by atoms with van der Waals surface area (Å²) in [6.45, 7) is 0. The van der Waals surface area contributed by atoms with Gasteiger partial charge in [0.05, 0.1) is 0 Å². The van der Waals surface area contributed by atoms with Crippen molar-refractivity contribution < 1.29 is 4.42 Å². The van der Waals surface area contributed by atoms with Crippen molar-refractivity contribution >= 4 is 32.7 Å². The van der Waals surface area contributed by atoms with Crippen LogP contribution >= 0.6 is 0 Å². The smallest absolute Gasteiger partial charge is 0.164 e. The van der Waals surface area contributed by atoms with Crippen LogP contribution < -0.4 is 0 Å². The average Bonchev–Trinajstić information content (AvgIpc) is 3.63. The van der Waals surface area contributed by atoms with E-state index in [2.05, 4.69) is 146 Å². The Morgan fingerprint density at radius 3 is 1.40 bits per heavy atom. The molecule has 10 aromatic rings. The van der Waals surface area contributed by atoms with Gasteiger partial charge in [0.25, 0.3) is 0 Å². The van der Waals surface area contributed by atoms with Crippen LogP contribution in [0.2, 0.25) is 0 Å². The van der Waals surface area contributed by atoms with Crippen LogP contribution in [0, 0.1) is 0 Å². The summed E-state index contributed by atoms with van der Waals surface area (Å²) >= 11 is 0. The first kappa shape index (κ1) is 30.6. The molecule has 0 spiro atoms. The second-order valence-corrected chi connectivity index (χ2v) is 13.2. The molecule has 4 heteroatoms. The molecule has 2 aromatic heterocycles. The fourth-order valence-electron chi connectivity index (χ4n) is 7.34. The number of furan rings is 1. The average molecular weight is 678 g/mol. The summed E-state index contributed by atoms with van der Waals surface area (Å²) in [6, 6.07) is 65.1. The van der Waals surface area contributed by atoms with E-state index in [1.807, 2.05) is 42.5 Å². The molecule has 4 nitrogen and oxygen atoms in total. The van der Waals surface area contributed by atoms with Crippen LogP contribution in [0.15, 0.2) is 192 Å². The first-order chi connectivity index (χ1) is 26.3. The number of rotatable bonds is 6. The maximum atomic E-state index is 6.88. The minimum atomic E-state index is 0.609. The minimum absolute atomic E-state index is 0.609. The summed E-state index contributed by atoms with van der Waals surface area (Å²) in [7, 11) is 0. The highest BCUT2D eigenvalue weighted by atomic mass is 16.3. The molecule has 248 valence electrons. The summed E-state index contributed by atoms with van der Waals surface area (Å²) < 4.78 is 6.88. The van der Waals surface area contributed by atoms with Gasteiger partial charge in [-0.3, -0.25) is 0 Å². The van der Waals surface area contributed by atoms with Gasteiger partial charge in [-0.05, 0) is 51.4 Å². The number of benzene rings is 8. The molecule has 0 atom stereocenters. The minimum Gasteiger partial charge on any atom is -0.455 e. The largest absolute Gasteiger partial charge is 0.455 e. The van der Waals surface area contributed by atoms with E-state index in [1.165, 1.54) is 5.56 Å². The lowest BCUT2D eigenvalue weighted by Gasteiger charge is -2.11. The molecule has 10 rings (SSSR count). The molecular weight excluding hydrogens is 647 g/mol. The van der Waals surface area contributed by atoms with E-state index in [0.29, 0.717) is 17.5 Å². The molecule has 0 N–H and O–H groups in total. The predicted octanol–water partition coefficient (Wildman–Crippen LogP) is 12.9. The van der Waals surface area contributed by atoms with Crippen LogP contribution in [-0.4, -0.2) is 15.0 Å². The van der Waals surface area contributed by atoms with Gasteiger partial charge in [-0.15, -0.1) is 0 Å². The Balaban J connectivity index is 1.19. The maximum absolute atomic E-state index is 6.88. The SMILES string of the molecule is c1ccc(-c2cccc(-c3nc(-c4ccccc4)nc(-c4cc5c6cccc(-c7cccc(-c8ccccc8)c7)c6oc5c5ccccc45)n3)c2)cc1. The summed E-state index contributed by atoms with van der Waals surface area (Å²) in [5.41, 5.74) is 11.2. The molecule has 0 fully saturated rings. The van der Waals surface area contributed by atoms with E-state index in [9.17, 15) is 0 Å². The van der Waals surface area contributed by atoms with Crippen molar-refractivity contribution in [2.24, 2.45) is 0 Å². The second-order valence-electron chi connectivity index (χ2n) is 13.2. The van der Waals surface area contributed by atoms with Crippen LogP contribution in [0.1, 0.15) is 0 Å². The lowest BCUT2D eigenvalue weighted by atomic mass is 9.96. The van der Waals surface area contributed by atoms with Gasteiger partial charge in [0, 0.05) is 38.4 Å². The standard InChI is InChI=1S/C49H31N3O/c1-4-15-32(16-5-1)35-21-12-23-37(29-35)39-27-14-28-42-43-31-44(40-25-10-11-26-41(40)46(43)53-45(39)42)49-51-47(34-19-8-3-9-20-34)50-48(52-49)38-24-13-22-36(30-38)33-17-6-2-7-18-33/h1-31H. The topological polar surface area (TPSA) is 51.8 Å². The van der Waals surface area contributed by atoms with Crippen LogP contribution in [0.4, 0.5) is 0 Å². The van der Waals surface area contributed by atoms with Gasteiger partial charge in [0.1, 0.15) is 11.2 Å². The number of nitrogens with zero attached hydrogens (tertiary/aromatic N) is 3. The summed E-state index contributed by atoms with van der Waals surface area (Å²) in [6.07, 6.45) is 0. The third-order valence-electron chi connectivity index (χ3n) is 9.92. The first-order valence-electron chi connectivity index (χ1n) is 17.8. The van der Waals surface area contributed by atoms with Crippen molar-refractivity contribution in [3.8, 4) is 67.5 Å². The Hall–Kier alpha value is -7.17. The Kier molecular flexibility index (Phi) is 7.43.